The molecule has 0 fully saturated rings. The molecule has 4 nitrogen and oxygen atoms in total. The number of carbonyl (C=O) groups excluding carboxylic acids is 2. The van der Waals surface area contributed by atoms with Crippen molar-refractivity contribution in [1.82, 2.24) is 4.90 Å². The predicted molar refractivity (Wildman–Crippen MR) is 73.2 cm³/mol. The maximum Gasteiger partial charge on any atom is 0.261 e. The minimum Gasteiger partial charge on any atom is -0.387 e. The molecular formula is C16H12FNO3. The molecule has 0 unspecified atom stereocenters. The summed E-state index contributed by atoms with van der Waals surface area (Å²) in [5.41, 5.74) is 1.13. The molecule has 2 aromatic rings. The smallest absolute Gasteiger partial charge is 0.261 e. The number of aliphatic hydroxyl groups excluding tert-OH is 1. The van der Waals surface area contributed by atoms with Crippen molar-refractivity contribution in [2.24, 2.45) is 0 Å². The Morgan fingerprint density at radius 1 is 0.952 bits per heavy atom. The number of fused-ring (bicyclic) bond motifs is 1. The number of hydrogen-bond acceptors (Lipinski definition) is 3. The second kappa shape index (κ2) is 5.10. The van der Waals surface area contributed by atoms with E-state index in [0.29, 0.717) is 16.7 Å². The molecule has 0 saturated heterocycles. The zero-order valence-corrected chi connectivity index (χ0v) is 11.0. The van der Waals surface area contributed by atoms with Gasteiger partial charge in [0.05, 0.1) is 23.8 Å². The van der Waals surface area contributed by atoms with Crippen molar-refractivity contribution >= 4 is 11.8 Å². The number of rotatable bonds is 3. The van der Waals surface area contributed by atoms with E-state index >= 15 is 0 Å². The summed E-state index contributed by atoms with van der Waals surface area (Å²) in [6.07, 6.45) is -1.05. The van der Waals surface area contributed by atoms with E-state index in [4.69, 9.17) is 0 Å². The van der Waals surface area contributed by atoms with Crippen molar-refractivity contribution in [2.45, 2.75) is 6.10 Å². The number of nitrogens with zero attached hydrogens (tertiary/aromatic N) is 1. The normalized spacial score (nSPS) is 15.2. The van der Waals surface area contributed by atoms with E-state index in [1.807, 2.05) is 0 Å². The molecule has 1 aliphatic rings. The van der Waals surface area contributed by atoms with E-state index in [1.54, 1.807) is 24.3 Å². The standard InChI is InChI=1S/C16H12FNO3/c17-11-7-5-10(6-8-11)14(19)9-18-15(20)12-3-1-2-4-13(12)16(18)21/h1-8,14,19H,9H2/t14-/m0/s1. The van der Waals surface area contributed by atoms with Gasteiger partial charge in [0.1, 0.15) is 5.82 Å². The first-order chi connectivity index (χ1) is 10.1. The minimum atomic E-state index is -1.05. The first-order valence-electron chi connectivity index (χ1n) is 6.46. The van der Waals surface area contributed by atoms with Crippen LogP contribution in [0.15, 0.2) is 48.5 Å². The molecule has 21 heavy (non-hydrogen) atoms. The van der Waals surface area contributed by atoms with Gasteiger partial charge in [-0.3, -0.25) is 14.5 Å². The van der Waals surface area contributed by atoms with E-state index in [2.05, 4.69) is 0 Å². The van der Waals surface area contributed by atoms with Crippen molar-refractivity contribution in [2.75, 3.05) is 6.54 Å². The van der Waals surface area contributed by atoms with Crippen molar-refractivity contribution in [3.05, 3.63) is 71.0 Å². The summed E-state index contributed by atoms with van der Waals surface area (Å²) in [7, 11) is 0. The Morgan fingerprint density at radius 3 is 2.00 bits per heavy atom. The molecule has 3 rings (SSSR count). The highest BCUT2D eigenvalue weighted by atomic mass is 19.1. The lowest BCUT2D eigenvalue weighted by Gasteiger charge is -2.18. The third-order valence-corrected chi connectivity index (χ3v) is 3.49. The fraction of sp³-hybridized carbons (Fsp3) is 0.125. The van der Waals surface area contributed by atoms with Crippen LogP contribution in [0.4, 0.5) is 4.39 Å². The van der Waals surface area contributed by atoms with Crippen LogP contribution in [-0.4, -0.2) is 28.4 Å². The summed E-state index contributed by atoms with van der Waals surface area (Å²) in [5, 5.41) is 10.1. The summed E-state index contributed by atoms with van der Waals surface area (Å²) in [6.45, 7) is -0.155. The predicted octanol–water partition coefficient (Wildman–Crippen LogP) is 2.16. The third-order valence-electron chi connectivity index (χ3n) is 3.49. The molecule has 1 N–H and O–H groups in total. The molecular weight excluding hydrogens is 273 g/mol. The monoisotopic (exact) mass is 285 g/mol. The van der Waals surface area contributed by atoms with Gasteiger partial charge in [0.2, 0.25) is 0 Å². The van der Waals surface area contributed by atoms with Gasteiger partial charge in [-0.25, -0.2) is 4.39 Å². The summed E-state index contributed by atoms with van der Waals surface area (Å²) in [5.74, 6) is -1.25. The molecule has 106 valence electrons. The Hall–Kier alpha value is -2.53. The van der Waals surface area contributed by atoms with E-state index in [0.717, 1.165) is 4.90 Å². The molecule has 0 bridgehead atoms. The van der Waals surface area contributed by atoms with Crippen molar-refractivity contribution in [3.63, 3.8) is 0 Å². The number of hydrogen-bond donors (Lipinski definition) is 1. The number of amides is 2. The zero-order valence-electron chi connectivity index (χ0n) is 11.0. The van der Waals surface area contributed by atoms with Crippen LogP contribution in [0.2, 0.25) is 0 Å². The van der Waals surface area contributed by atoms with Crippen LogP contribution < -0.4 is 0 Å². The average Bonchev–Trinajstić information content (AvgIpc) is 2.73. The molecule has 0 saturated carbocycles. The third kappa shape index (κ3) is 2.32. The Kier molecular flexibility index (Phi) is 3.27. The van der Waals surface area contributed by atoms with Crippen LogP contribution in [-0.2, 0) is 0 Å². The first-order valence-corrected chi connectivity index (χ1v) is 6.46. The lowest BCUT2D eigenvalue weighted by Crippen LogP contribution is -2.33. The van der Waals surface area contributed by atoms with Gasteiger partial charge in [0.25, 0.3) is 11.8 Å². The van der Waals surface area contributed by atoms with E-state index < -0.39 is 23.7 Å². The summed E-state index contributed by atoms with van der Waals surface area (Å²) in [6, 6.07) is 11.8. The summed E-state index contributed by atoms with van der Waals surface area (Å²) in [4.78, 5) is 25.3. The van der Waals surface area contributed by atoms with Gasteiger partial charge in [-0.1, -0.05) is 24.3 Å². The highest BCUT2D eigenvalue weighted by molar-refractivity contribution is 6.21. The highest BCUT2D eigenvalue weighted by Crippen LogP contribution is 2.25. The fourth-order valence-corrected chi connectivity index (χ4v) is 2.37. The summed E-state index contributed by atoms with van der Waals surface area (Å²) >= 11 is 0. The van der Waals surface area contributed by atoms with Gasteiger partial charge in [-0.05, 0) is 29.8 Å². The maximum absolute atomic E-state index is 12.9. The Morgan fingerprint density at radius 2 is 1.48 bits per heavy atom. The van der Waals surface area contributed by atoms with Crippen molar-refractivity contribution < 1.29 is 19.1 Å². The van der Waals surface area contributed by atoms with Gasteiger partial charge in [-0.2, -0.15) is 0 Å². The van der Waals surface area contributed by atoms with Gasteiger partial charge >= 0.3 is 0 Å². The minimum absolute atomic E-state index is 0.155. The molecule has 0 radical (unpaired) electrons. The highest BCUT2D eigenvalue weighted by Gasteiger charge is 2.36. The molecule has 5 heteroatoms. The number of imide groups is 1. The Balaban J connectivity index is 1.82. The topological polar surface area (TPSA) is 57.6 Å². The number of benzene rings is 2. The van der Waals surface area contributed by atoms with Crippen LogP contribution in [0.3, 0.4) is 0 Å². The van der Waals surface area contributed by atoms with Crippen LogP contribution in [0.5, 0.6) is 0 Å². The van der Waals surface area contributed by atoms with Gasteiger partial charge in [0.15, 0.2) is 0 Å². The van der Waals surface area contributed by atoms with Crippen molar-refractivity contribution in [3.8, 4) is 0 Å². The molecule has 2 amide bonds. The summed E-state index contributed by atoms with van der Waals surface area (Å²) < 4.78 is 12.9. The van der Waals surface area contributed by atoms with Crippen LogP contribution >= 0.6 is 0 Å². The number of aliphatic hydroxyl groups is 1. The zero-order chi connectivity index (χ0) is 15.0. The molecule has 2 aromatic carbocycles. The number of β-amino-alcohol motifs (C(OH)–C–C–N with tert-alkyl or cyclic N) is 1. The SMILES string of the molecule is O=C1c2ccccc2C(=O)N1C[C@H](O)c1ccc(F)cc1. The fourth-order valence-electron chi connectivity index (χ4n) is 2.37. The number of halogens is 1. The van der Waals surface area contributed by atoms with Crippen molar-refractivity contribution in [1.29, 1.82) is 0 Å². The first kappa shape index (κ1) is 13.5. The van der Waals surface area contributed by atoms with Gasteiger partial charge in [0, 0.05) is 0 Å². The maximum atomic E-state index is 12.9. The molecule has 1 aliphatic heterocycles. The van der Waals surface area contributed by atoms with Gasteiger partial charge in [-0.15, -0.1) is 0 Å². The lowest BCUT2D eigenvalue weighted by molar-refractivity contribution is 0.0543. The quantitative estimate of drug-likeness (QED) is 0.879. The Bertz CT molecular complexity index is 677. The van der Waals surface area contributed by atoms with E-state index in [1.165, 1.54) is 24.3 Å². The second-order valence-electron chi connectivity index (χ2n) is 4.83. The van der Waals surface area contributed by atoms with E-state index in [9.17, 15) is 19.1 Å². The van der Waals surface area contributed by atoms with Crippen LogP contribution in [0.1, 0.15) is 32.4 Å². The average molecular weight is 285 g/mol. The van der Waals surface area contributed by atoms with Crippen LogP contribution in [0, 0.1) is 5.82 Å². The van der Waals surface area contributed by atoms with E-state index in [-0.39, 0.29) is 6.54 Å². The molecule has 0 spiro atoms. The molecule has 0 aromatic heterocycles. The largest absolute Gasteiger partial charge is 0.387 e. The molecule has 1 atom stereocenters. The lowest BCUT2D eigenvalue weighted by atomic mass is 10.1. The van der Waals surface area contributed by atoms with Crippen LogP contribution in [0.25, 0.3) is 0 Å². The number of carbonyl (C=O) groups is 2. The Labute approximate surface area is 120 Å². The second-order valence-corrected chi connectivity index (χ2v) is 4.83. The van der Waals surface area contributed by atoms with Gasteiger partial charge < -0.3 is 5.11 Å². The molecule has 0 aliphatic carbocycles. The molecule has 1 heterocycles.